The van der Waals surface area contributed by atoms with E-state index in [1.54, 1.807) is 18.2 Å². The van der Waals surface area contributed by atoms with Gasteiger partial charge in [-0.15, -0.1) is 0 Å². The monoisotopic (exact) mass is 336 g/mol. The normalized spacial score (nSPS) is 12.2. The average molecular weight is 336 g/mol. The Morgan fingerprint density at radius 1 is 1.04 bits per heavy atom. The lowest BCUT2D eigenvalue weighted by atomic mass is 10.0. The molecule has 6 heteroatoms. The molecule has 1 aliphatic rings. The van der Waals surface area contributed by atoms with Crippen molar-refractivity contribution in [1.29, 1.82) is 0 Å². The van der Waals surface area contributed by atoms with Crippen LogP contribution in [0.2, 0.25) is 0 Å². The zero-order valence-electron chi connectivity index (χ0n) is 13.8. The molecule has 1 aromatic heterocycles. The number of ether oxygens (including phenoxy) is 2. The minimum Gasteiger partial charge on any atom is -0.454 e. The van der Waals surface area contributed by atoms with E-state index in [2.05, 4.69) is 10.5 Å². The Labute approximate surface area is 144 Å². The zero-order chi connectivity index (χ0) is 17.4. The van der Waals surface area contributed by atoms with Crippen molar-refractivity contribution >= 4 is 11.6 Å². The van der Waals surface area contributed by atoms with E-state index in [1.165, 1.54) is 0 Å². The largest absolute Gasteiger partial charge is 0.454 e. The molecule has 2 aromatic carbocycles. The van der Waals surface area contributed by atoms with Gasteiger partial charge in [0.1, 0.15) is 5.76 Å². The zero-order valence-corrected chi connectivity index (χ0v) is 13.8. The van der Waals surface area contributed by atoms with Gasteiger partial charge in [-0.2, -0.15) is 0 Å². The number of anilines is 1. The fraction of sp³-hybridized carbons (Fsp3) is 0.158. The first-order valence-electron chi connectivity index (χ1n) is 7.86. The number of fused-ring (bicyclic) bond motifs is 1. The fourth-order valence-electron chi connectivity index (χ4n) is 2.86. The van der Waals surface area contributed by atoms with Crippen LogP contribution in [0.5, 0.6) is 11.5 Å². The molecule has 126 valence electrons. The number of hydrogen-bond acceptors (Lipinski definition) is 5. The van der Waals surface area contributed by atoms with E-state index in [0.29, 0.717) is 22.7 Å². The lowest BCUT2D eigenvalue weighted by molar-refractivity contribution is 0.102. The van der Waals surface area contributed by atoms with Crippen molar-refractivity contribution in [1.82, 2.24) is 5.16 Å². The second kappa shape index (κ2) is 5.98. The van der Waals surface area contributed by atoms with Crippen LogP contribution in [0, 0.1) is 13.8 Å². The predicted octanol–water partition coefficient (Wildman–Crippen LogP) is 3.94. The lowest BCUT2D eigenvalue weighted by Gasteiger charge is -2.07. The maximum atomic E-state index is 12.4. The molecule has 2 heterocycles. The first kappa shape index (κ1) is 15.3. The number of benzene rings is 2. The SMILES string of the molecule is Cc1noc(C)c1-c1ccc(NC(=O)c2ccc3c(c2)OCO3)cc1. The molecular formula is C19H16N2O4. The van der Waals surface area contributed by atoms with E-state index in [-0.39, 0.29) is 12.7 Å². The Morgan fingerprint density at radius 2 is 1.80 bits per heavy atom. The molecule has 4 rings (SSSR count). The molecule has 1 N–H and O–H groups in total. The summed E-state index contributed by atoms with van der Waals surface area (Å²) in [5.41, 5.74) is 4.04. The van der Waals surface area contributed by atoms with Gasteiger partial charge >= 0.3 is 0 Å². The Kier molecular flexibility index (Phi) is 3.65. The summed E-state index contributed by atoms with van der Waals surface area (Å²) in [6.45, 7) is 3.97. The van der Waals surface area contributed by atoms with Crippen LogP contribution in [0.1, 0.15) is 21.8 Å². The Bertz CT molecular complexity index is 925. The Hall–Kier alpha value is -3.28. The van der Waals surface area contributed by atoms with Crippen molar-refractivity contribution in [3.05, 3.63) is 59.5 Å². The van der Waals surface area contributed by atoms with Crippen LogP contribution in [-0.2, 0) is 0 Å². The molecule has 0 bridgehead atoms. The Balaban J connectivity index is 1.52. The molecule has 6 nitrogen and oxygen atoms in total. The van der Waals surface area contributed by atoms with Gasteiger partial charge in [0.2, 0.25) is 6.79 Å². The first-order valence-corrected chi connectivity index (χ1v) is 7.86. The van der Waals surface area contributed by atoms with Gasteiger partial charge in [0, 0.05) is 16.8 Å². The molecule has 0 aliphatic carbocycles. The standard InChI is InChI=1S/C19H16N2O4/c1-11-18(12(2)25-21-11)13-3-6-15(7-4-13)20-19(22)14-5-8-16-17(9-14)24-10-23-16/h3-9H,10H2,1-2H3,(H,20,22). The molecule has 0 saturated heterocycles. The molecule has 1 amide bonds. The molecular weight excluding hydrogens is 320 g/mol. The summed E-state index contributed by atoms with van der Waals surface area (Å²) in [6.07, 6.45) is 0. The maximum absolute atomic E-state index is 12.4. The molecule has 25 heavy (non-hydrogen) atoms. The number of carbonyl (C=O) groups is 1. The highest BCUT2D eigenvalue weighted by atomic mass is 16.7. The summed E-state index contributed by atoms with van der Waals surface area (Å²) in [5.74, 6) is 1.81. The van der Waals surface area contributed by atoms with Crippen LogP contribution in [0.3, 0.4) is 0 Å². The smallest absolute Gasteiger partial charge is 0.255 e. The number of hydrogen-bond donors (Lipinski definition) is 1. The summed E-state index contributed by atoms with van der Waals surface area (Å²) in [5, 5.41) is 6.84. The number of nitrogens with zero attached hydrogens (tertiary/aromatic N) is 1. The van der Waals surface area contributed by atoms with Crippen molar-refractivity contribution in [2.24, 2.45) is 0 Å². The van der Waals surface area contributed by atoms with Gasteiger partial charge in [0.05, 0.1) is 5.69 Å². The molecule has 3 aromatic rings. The second-order valence-electron chi connectivity index (χ2n) is 5.80. The van der Waals surface area contributed by atoms with E-state index in [1.807, 2.05) is 38.1 Å². The van der Waals surface area contributed by atoms with Crippen LogP contribution in [0.25, 0.3) is 11.1 Å². The molecule has 0 spiro atoms. The van der Waals surface area contributed by atoms with Crippen LogP contribution in [0.4, 0.5) is 5.69 Å². The van der Waals surface area contributed by atoms with E-state index in [4.69, 9.17) is 14.0 Å². The van der Waals surface area contributed by atoms with Gasteiger partial charge in [0.15, 0.2) is 11.5 Å². The number of carbonyl (C=O) groups excluding carboxylic acids is 1. The van der Waals surface area contributed by atoms with Crippen LogP contribution < -0.4 is 14.8 Å². The molecule has 0 unspecified atom stereocenters. The molecule has 1 aliphatic heterocycles. The molecule has 0 fully saturated rings. The highest BCUT2D eigenvalue weighted by Crippen LogP contribution is 2.33. The summed E-state index contributed by atoms with van der Waals surface area (Å²) < 4.78 is 15.8. The Morgan fingerprint density at radius 3 is 2.52 bits per heavy atom. The quantitative estimate of drug-likeness (QED) is 0.784. The van der Waals surface area contributed by atoms with Gasteiger partial charge in [-0.1, -0.05) is 17.3 Å². The van der Waals surface area contributed by atoms with Gasteiger partial charge < -0.3 is 19.3 Å². The topological polar surface area (TPSA) is 73.6 Å². The summed E-state index contributed by atoms with van der Waals surface area (Å²) in [4.78, 5) is 12.4. The number of aromatic nitrogens is 1. The number of rotatable bonds is 3. The van der Waals surface area contributed by atoms with Crippen molar-refractivity contribution in [3.63, 3.8) is 0 Å². The van der Waals surface area contributed by atoms with Crippen molar-refractivity contribution in [2.75, 3.05) is 12.1 Å². The van der Waals surface area contributed by atoms with Gasteiger partial charge in [-0.25, -0.2) is 0 Å². The summed E-state index contributed by atoms with van der Waals surface area (Å²) >= 11 is 0. The molecule has 0 atom stereocenters. The van der Waals surface area contributed by atoms with Crippen molar-refractivity contribution in [2.45, 2.75) is 13.8 Å². The van der Waals surface area contributed by atoms with Crippen LogP contribution in [0.15, 0.2) is 47.0 Å². The fourth-order valence-corrected chi connectivity index (χ4v) is 2.86. The minimum absolute atomic E-state index is 0.184. The number of aryl methyl sites for hydroxylation is 2. The highest BCUT2D eigenvalue weighted by molar-refractivity contribution is 6.04. The predicted molar refractivity (Wildman–Crippen MR) is 91.9 cm³/mol. The van der Waals surface area contributed by atoms with Gasteiger partial charge in [-0.05, 0) is 49.7 Å². The third-order valence-corrected chi connectivity index (χ3v) is 4.10. The summed E-state index contributed by atoms with van der Waals surface area (Å²) in [6, 6.07) is 12.7. The van der Waals surface area contributed by atoms with Gasteiger partial charge in [0.25, 0.3) is 5.91 Å². The van der Waals surface area contributed by atoms with Crippen LogP contribution >= 0.6 is 0 Å². The third kappa shape index (κ3) is 2.82. The lowest BCUT2D eigenvalue weighted by Crippen LogP contribution is -2.11. The van der Waals surface area contributed by atoms with Crippen LogP contribution in [-0.4, -0.2) is 17.9 Å². The average Bonchev–Trinajstić information content (AvgIpc) is 3.21. The van der Waals surface area contributed by atoms with Crippen molar-refractivity contribution in [3.8, 4) is 22.6 Å². The minimum atomic E-state index is -0.205. The highest BCUT2D eigenvalue weighted by Gasteiger charge is 2.16. The van der Waals surface area contributed by atoms with E-state index < -0.39 is 0 Å². The number of amides is 1. The van der Waals surface area contributed by atoms with Crippen molar-refractivity contribution < 1.29 is 18.8 Å². The third-order valence-electron chi connectivity index (χ3n) is 4.10. The summed E-state index contributed by atoms with van der Waals surface area (Å²) in [7, 11) is 0. The van der Waals surface area contributed by atoms with Gasteiger partial charge in [-0.3, -0.25) is 4.79 Å². The first-order chi connectivity index (χ1) is 12.1. The van der Waals surface area contributed by atoms with E-state index in [0.717, 1.165) is 22.6 Å². The van der Waals surface area contributed by atoms with E-state index >= 15 is 0 Å². The molecule has 0 radical (unpaired) electrons. The number of nitrogens with one attached hydrogen (secondary N) is 1. The second-order valence-corrected chi connectivity index (χ2v) is 5.80. The van der Waals surface area contributed by atoms with E-state index in [9.17, 15) is 4.79 Å². The molecule has 0 saturated carbocycles. The maximum Gasteiger partial charge on any atom is 0.255 e.